The van der Waals surface area contributed by atoms with Gasteiger partial charge < -0.3 is 9.64 Å². The first-order valence-electron chi connectivity index (χ1n) is 11.8. The molecule has 0 heterocycles. The Balaban J connectivity index is 1.98. The summed E-state index contributed by atoms with van der Waals surface area (Å²) in [4.78, 5) is 13.3. The van der Waals surface area contributed by atoms with Crippen molar-refractivity contribution in [2.24, 2.45) is 0 Å². The highest BCUT2D eigenvalue weighted by atomic mass is 35.5. The lowest BCUT2D eigenvalue weighted by atomic mass is 10.1. The minimum atomic E-state index is -4.35. The predicted octanol–water partition coefficient (Wildman–Crippen LogP) is 6.21. The highest BCUT2D eigenvalue weighted by Gasteiger charge is 2.34. The summed E-state index contributed by atoms with van der Waals surface area (Å²) in [7, 11) is -2.64. The van der Waals surface area contributed by atoms with Gasteiger partial charge in [0, 0.05) is 36.7 Å². The van der Waals surface area contributed by atoms with E-state index in [0.29, 0.717) is 35.7 Å². The number of hydrogen-bond donors (Lipinski definition) is 0. The van der Waals surface area contributed by atoms with Gasteiger partial charge in [0.25, 0.3) is 10.0 Å². The number of nitrogens with zero attached hydrogens (tertiary/aromatic N) is 2. The minimum absolute atomic E-state index is 0.0224. The summed E-state index contributed by atoms with van der Waals surface area (Å²) in [6.45, 7) is 4.13. The molecule has 0 aromatic heterocycles. The van der Waals surface area contributed by atoms with Crippen molar-refractivity contribution in [3.05, 3.63) is 89.0 Å². The molecule has 1 unspecified atom stereocenters. The van der Waals surface area contributed by atoms with E-state index in [1.165, 1.54) is 24.3 Å². The maximum Gasteiger partial charge on any atom is 0.264 e. The molecule has 0 aliphatic heterocycles. The number of sulfonamides is 1. The van der Waals surface area contributed by atoms with Crippen LogP contribution in [-0.2, 0) is 14.8 Å². The SMILES string of the molecule is CCC(=O)N(C)CCCOc1ccccc1C(C)N(c1cc(F)ccc1F)S(=O)(=O)c1ccc(Cl)cc1. The van der Waals surface area contributed by atoms with Gasteiger partial charge in [-0.25, -0.2) is 17.2 Å². The predicted molar refractivity (Wildman–Crippen MR) is 140 cm³/mol. The molecule has 0 aliphatic carbocycles. The average Bonchev–Trinajstić information content (AvgIpc) is 2.88. The van der Waals surface area contributed by atoms with Crippen molar-refractivity contribution in [2.75, 3.05) is 24.5 Å². The Kier molecular flexibility index (Phi) is 9.50. The second-order valence-electron chi connectivity index (χ2n) is 8.44. The fraction of sp³-hybridized carbons (Fsp3) is 0.296. The number of amides is 1. The zero-order valence-electron chi connectivity index (χ0n) is 20.8. The van der Waals surface area contributed by atoms with Crippen LogP contribution in [0, 0.1) is 11.6 Å². The van der Waals surface area contributed by atoms with Crippen molar-refractivity contribution in [3.8, 4) is 5.75 Å². The average molecular weight is 551 g/mol. The molecule has 0 aliphatic rings. The smallest absolute Gasteiger partial charge is 0.264 e. The van der Waals surface area contributed by atoms with Crippen LogP contribution in [0.25, 0.3) is 0 Å². The zero-order valence-corrected chi connectivity index (χ0v) is 22.4. The van der Waals surface area contributed by atoms with Crippen LogP contribution in [0.3, 0.4) is 0 Å². The molecular formula is C27H29ClF2N2O4S. The minimum Gasteiger partial charge on any atom is -0.493 e. The van der Waals surface area contributed by atoms with Gasteiger partial charge in [0.1, 0.15) is 17.4 Å². The first kappa shape index (κ1) is 28.4. The summed E-state index contributed by atoms with van der Waals surface area (Å²) in [5, 5.41) is 0.334. The van der Waals surface area contributed by atoms with E-state index in [1.807, 2.05) is 0 Å². The van der Waals surface area contributed by atoms with Crippen LogP contribution in [0.5, 0.6) is 5.75 Å². The number of benzene rings is 3. The van der Waals surface area contributed by atoms with E-state index in [0.717, 1.165) is 22.5 Å². The van der Waals surface area contributed by atoms with Crippen LogP contribution >= 0.6 is 11.6 Å². The molecule has 3 aromatic carbocycles. The monoisotopic (exact) mass is 550 g/mol. The van der Waals surface area contributed by atoms with Crippen molar-refractivity contribution >= 4 is 33.2 Å². The van der Waals surface area contributed by atoms with Crippen LogP contribution < -0.4 is 9.04 Å². The normalized spacial score (nSPS) is 12.2. The summed E-state index contributed by atoms with van der Waals surface area (Å²) >= 11 is 5.93. The highest BCUT2D eigenvalue weighted by molar-refractivity contribution is 7.92. The zero-order chi connectivity index (χ0) is 27.2. The van der Waals surface area contributed by atoms with Crippen molar-refractivity contribution in [2.45, 2.75) is 37.6 Å². The maximum absolute atomic E-state index is 15.0. The second kappa shape index (κ2) is 12.4. The number of anilines is 1. The van der Waals surface area contributed by atoms with Crippen molar-refractivity contribution < 1.29 is 26.7 Å². The number of carbonyl (C=O) groups excluding carboxylic acids is 1. The molecule has 0 saturated heterocycles. The Morgan fingerprint density at radius 1 is 1.05 bits per heavy atom. The third kappa shape index (κ3) is 6.78. The standard InChI is InChI=1S/C27H29ClF2N2O4S/c1-4-27(33)31(3)16-7-17-36-26-9-6-5-8-23(26)19(2)32(25-18-21(29)12-15-24(25)30)37(34,35)22-13-10-20(28)11-14-22/h5-6,8-15,18-19H,4,7,16-17H2,1-3H3. The quantitative estimate of drug-likeness (QED) is 0.266. The number of carbonyl (C=O) groups is 1. The van der Waals surface area contributed by atoms with E-state index in [-0.39, 0.29) is 17.4 Å². The van der Waals surface area contributed by atoms with Crippen molar-refractivity contribution in [1.29, 1.82) is 0 Å². The van der Waals surface area contributed by atoms with Crippen LogP contribution in [0.2, 0.25) is 5.02 Å². The van der Waals surface area contributed by atoms with Crippen LogP contribution in [-0.4, -0.2) is 39.4 Å². The fourth-order valence-corrected chi connectivity index (χ4v) is 5.64. The van der Waals surface area contributed by atoms with E-state index in [1.54, 1.807) is 50.1 Å². The van der Waals surface area contributed by atoms with Gasteiger partial charge in [-0.05, 0) is 55.8 Å². The molecule has 37 heavy (non-hydrogen) atoms. The molecule has 1 atom stereocenters. The van der Waals surface area contributed by atoms with Crippen molar-refractivity contribution in [3.63, 3.8) is 0 Å². The number of ether oxygens (including phenoxy) is 1. The summed E-state index contributed by atoms with van der Waals surface area (Å²) in [6.07, 6.45) is 0.961. The van der Waals surface area contributed by atoms with Gasteiger partial charge in [-0.3, -0.25) is 9.10 Å². The van der Waals surface area contributed by atoms with Crippen LogP contribution in [0.4, 0.5) is 14.5 Å². The van der Waals surface area contributed by atoms with Gasteiger partial charge in [-0.1, -0.05) is 36.7 Å². The first-order valence-corrected chi connectivity index (χ1v) is 13.6. The van der Waals surface area contributed by atoms with E-state index in [4.69, 9.17) is 16.3 Å². The lowest BCUT2D eigenvalue weighted by molar-refractivity contribution is -0.129. The topological polar surface area (TPSA) is 66.9 Å². The molecule has 0 spiro atoms. The van der Waals surface area contributed by atoms with E-state index < -0.39 is 33.4 Å². The van der Waals surface area contributed by atoms with Gasteiger partial charge >= 0.3 is 0 Å². The number of hydrogen-bond acceptors (Lipinski definition) is 4. The number of rotatable bonds is 11. The largest absolute Gasteiger partial charge is 0.493 e. The molecule has 3 rings (SSSR count). The van der Waals surface area contributed by atoms with Crippen LogP contribution in [0.1, 0.15) is 38.3 Å². The summed E-state index contributed by atoms with van der Waals surface area (Å²) in [5.74, 6) is -1.26. The summed E-state index contributed by atoms with van der Waals surface area (Å²) < 4.78 is 63.5. The summed E-state index contributed by atoms with van der Waals surface area (Å²) in [6, 6.07) is 13.9. The molecular weight excluding hydrogens is 522 g/mol. The molecule has 0 saturated carbocycles. The van der Waals surface area contributed by atoms with Gasteiger partial charge in [0.2, 0.25) is 5.91 Å². The van der Waals surface area contributed by atoms with E-state index >= 15 is 0 Å². The number of halogens is 3. The second-order valence-corrected chi connectivity index (χ2v) is 10.7. The van der Waals surface area contributed by atoms with E-state index in [2.05, 4.69) is 0 Å². The van der Waals surface area contributed by atoms with Crippen molar-refractivity contribution in [1.82, 2.24) is 4.90 Å². The lowest BCUT2D eigenvalue weighted by Gasteiger charge is -2.32. The Hall–Kier alpha value is -3.17. The third-order valence-electron chi connectivity index (χ3n) is 5.86. The Morgan fingerprint density at radius 3 is 2.41 bits per heavy atom. The molecule has 3 aromatic rings. The van der Waals surface area contributed by atoms with Crippen LogP contribution in [0.15, 0.2) is 71.6 Å². The molecule has 0 radical (unpaired) electrons. The first-order chi connectivity index (χ1) is 17.6. The number of para-hydroxylation sites is 1. The maximum atomic E-state index is 15.0. The van der Waals surface area contributed by atoms with Gasteiger partial charge in [0.05, 0.1) is 23.2 Å². The molecule has 6 nitrogen and oxygen atoms in total. The molecule has 1 amide bonds. The molecule has 0 bridgehead atoms. The Morgan fingerprint density at radius 2 is 1.73 bits per heavy atom. The Bertz CT molecular complexity index is 1340. The lowest BCUT2D eigenvalue weighted by Crippen LogP contribution is -2.34. The van der Waals surface area contributed by atoms with E-state index in [9.17, 15) is 22.0 Å². The van der Waals surface area contributed by atoms with Gasteiger partial charge in [0.15, 0.2) is 0 Å². The third-order valence-corrected chi connectivity index (χ3v) is 8.01. The molecule has 0 N–H and O–H groups in total. The van der Waals surface area contributed by atoms with Gasteiger partial charge in [-0.2, -0.15) is 0 Å². The Labute approximate surface area is 221 Å². The molecule has 0 fully saturated rings. The molecule has 10 heteroatoms. The fourth-order valence-electron chi connectivity index (χ4n) is 3.88. The summed E-state index contributed by atoms with van der Waals surface area (Å²) in [5.41, 5.74) is 0.0265. The molecule has 198 valence electrons. The van der Waals surface area contributed by atoms with Gasteiger partial charge in [-0.15, -0.1) is 0 Å². The highest BCUT2D eigenvalue weighted by Crippen LogP contribution is 2.38.